The van der Waals surface area contributed by atoms with Crippen LogP contribution in [0.2, 0.25) is 5.02 Å². The lowest BCUT2D eigenvalue weighted by Gasteiger charge is -2.22. The molecule has 0 aliphatic heterocycles. The van der Waals surface area contributed by atoms with E-state index in [4.69, 9.17) is 16.3 Å². The molecule has 0 saturated heterocycles. The second-order valence-corrected chi connectivity index (χ2v) is 5.47. The molecule has 0 heterocycles. The van der Waals surface area contributed by atoms with Gasteiger partial charge < -0.3 is 10.1 Å². The van der Waals surface area contributed by atoms with Crippen molar-refractivity contribution in [2.75, 3.05) is 13.7 Å². The highest BCUT2D eigenvalue weighted by Crippen LogP contribution is 2.33. The Kier molecular flexibility index (Phi) is 5.66. The predicted octanol–water partition coefficient (Wildman–Crippen LogP) is 4.75. The fourth-order valence-electron chi connectivity index (χ4n) is 2.48. The zero-order valence-electron chi connectivity index (χ0n) is 12.8. The summed E-state index contributed by atoms with van der Waals surface area (Å²) in [5.74, 6) is 0.929. The highest BCUT2D eigenvalue weighted by atomic mass is 35.5. The van der Waals surface area contributed by atoms with Crippen molar-refractivity contribution in [1.82, 2.24) is 5.32 Å². The van der Waals surface area contributed by atoms with Crippen LogP contribution in [0.3, 0.4) is 0 Å². The van der Waals surface area contributed by atoms with Gasteiger partial charge in [-0.05, 0) is 43.7 Å². The number of ether oxygens (including phenoxy) is 1. The van der Waals surface area contributed by atoms with Gasteiger partial charge in [0.1, 0.15) is 5.75 Å². The van der Waals surface area contributed by atoms with Crippen molar-refractivity contribution < 1.29 is 4.74 Å². The summed E-state index contributed by atoms with van der Waals surface area (Å²) in [5, 5.41) is 4.17. The van der Waals surface area contributed by atoms with Gasteiger partial charge >= 0.3 is 0 Å². The molecule has 0 aromatic heterocycles. The first-order valence-electron chi connectivity index (χ1n) is 7.33. The van der Waals surface area contributed by atoms with E-state index in [9.17, 15) is 0 Å². The SMILES string of the molecule is CCCOc1ccccc1C(NC)c1cccc(Cl)c1C. The minimum absolute atomic E-state index is 0.0664. The van der Waals surface area contributed by atoms with Gasteiger partial charge in [0, 0.05) is 10.6 Å². The van der Waals surface area contributed by atoms with E-state index in [0.717, 1.165) is 34.9 Å². The number of rotatable bonds is 6. The summed E-state index contributed by atoms with van der Waals surface area (Å²) in [4.78, 5) is 0. The minimum Gasteiger partial charge on any atom is -0.493 e. The molecule has 0 radical (unpaired) electrons. The second-order valence-electron chi connectivity index (χ2n) is 5.06. The highest BCUT2D eigenvalue weighted by molar-refractivity contribution is 6.31. The maximum Gasteiger partial charge on any atom is 0.124 e. The van der Waals surface area contributed by atoms with Crippen molar-refractivity contribution in [3.63, 3.8) is 0 Å². The standard InChI is InChI=1S/C18H22ClNO/c1-4-12-21-17-11-6-5-8-15(17)18(20-3)14-9-7-10-16(19)13(14)2/h5-11,18,20H,4,12H2,1-3H3. The summed E-state index contributed by atoms with van der Waals surface area (Å²) >= 11 is 6.27. The topological polar surface area (TPSA) is 21.3 Å². The van der Waals surface area contributed by atoms with Gasteiger partial charge in [-0.1, -0.05) is 48.9 Å². The first-order valence-corrected chi connectivity index (χ1v) is 7.70. The zero-order valence-corrected chi connectivity index (χ0v) is 13.6. The van der Waals surface area contributed by atoms with Gasteiger partial charge in [-0.15, -0.1) is 0 Å². The first kappa shape index (κ1) is 15.9. The predicted molar refractivity (Wildman–Crippen MR) is 89.3 cm³/mol. The molecule has 1 unspecified atom stereocenters. The number of hydrogen-bond acceptors (Lipinski definition) is 2. The van der Waals surface area contributed by atoms with Crippen LogP contribution in [0, 0.1) is 6.92 Å². The van der Waals surface area contributed by atoms with Crippen LogP contribution in [0.1, 0.15) is 36.1 Å². The average Bonchev–Trinajstić information content (AvgIpc) is 2.51. The first-order chi connectivity index (χ1) is 10.2. The van der Waals surface area contributed by atoms with Crippen LogP contribution in [0.25, 0.3) is 0 Å². The van der Waals surface area contributed by atoms with E-state index in [2.05, 4.69) is 31.3 Å². The van der Waals surface area contributed by atoms with E-state index in [1.807, 2.05) is 37.4 Å². The Balaban J connectivity index is 2.44. The monoisotopic (exact) mass is 303 g/mol. The number of benzene rings is 2. The molecule has 112 valence electrons. The smallest absolute Gasteiger partial charge is 0.124 e. The Hall–Kier alpha value is -1.51. The molecule has 0 aliphatic carbocycles. The van der Waals surface area contributed by atoms with E-state index in [1.54, 1.807) is 0 Å². The van der Waals surface area contributed by atoms with E-state index >= 15 is 0 Å². The van der Waals surface area contributed by atoms with Crippen LogP contribution in [0.5, 0.6) is 5.75 Å². The number of halogens is 1. The quantitative estimate of drug-likeness (QED) is 0.832. The number of para-hydroxylation sites is 1. The van der Waals surface area contributed by atoms with Crippen molar-refractivity contribution in [1.29, 1.82) is 0 Å². The van der Waals surface area contributed by atoms with Gasteiger partial charge in [0.05, 0.1) is 12.6 Å². The molecule has 1 atom stereocenters. The maximum atomic E-state index is 6.27. The lowest BCUT2D eigenvalue weighted by Crippen LogP contribution is -2.19. The minimum atomic E-state index is 0.0664. The summed E-state index contributed by atoms with van der Waals surface area (Å²) in [5.41, 5.74) is 3.42. The third-order valence-corrected chi connectivity index (χ3v) is 4.01. The normalized spacial score (nSPS) is 12.2. The molecule has 2 aromatic rings. The van der Waals surface area contributed by atoms with Crippen LogP contribution in [-0.2, 0) is 0 Å². The summed E-state index contributed by atoms with van der Waals surface area (Å²) in [6.07, 6.45) is 0.995. The molecular formula is C18H22ClNO. The van der Waals surface area contributed by atoms with Crippen LogP contribution in [-0.4, -0.2) is 13.7 Å². The molecule has 2 rings (SSSR count). The molecule has 0 spiro atoms. The largest absolute Gasteiger partial charge is 0.493 e. The van der Waals surface area contributed by atoms with Gasteiger partial charge in [0.25, 0.3) is 0 Å². The van der Waals surface area contributed by atoms with Crippen LogP contribution in [0.15, 0.2) is 42.5 Å². The van der Waals surface area contributed by atoms with Crippen LogP contribution < -0.4 is 10.1 Å². The number of nitrogens with one attached hydrogen (secondary N) is 1. The van der Waals surface area contributed by atoms with Crippen molar-refractivity contribution in [2.24, 2.45) is 0 Å². The summed E-state index contributed by atoms with van der Waals surface area (Å²) < 4.78 is 5.89. The van der Waals surface area contributed by atoms with E-state index in [1.165, 1.54) is 5.56 Å². The Morgan fingerprint density at radius 2 is 1.81 bits per heavy atom. The van der Waals surface area contributed by atoms with Crippen LogP contribution in [0.4, 0.5) is 0 Å². The summed E-state index contributed by atoms with van der Waals surface area (Å²) in [6.45, 7) is 4.89. The van der Waals surface area contributed by atoms with Crippen molar-refractivity contribution in [3.8, 4) is 5.75 Å². The van der Waals surface area contributed by atoms with E-state index in [0.29, 0.717) is 0 Å². The maximum absolute atomic E-state index is 6.27. The van der Waals surface area contributed by atoms with Gasteiger partial charge in [0.2, 0.25) is 0 Å². The number of hydrogen-bond donors (Lipinski definition) is 1. The van der Waals surface area contributed by atoms with E-state index < -0.39 is 0 Å². The molecule has 0 aliphatic rings. The zero-order chi connectivity index (χ0) is 15.2. The van der Waals surface area contributed by atoms with Crippen LogP contribution >= 0.6 is 11.6 Å². The average molecular weight is 304 g/mol. The van der Waals surface area contributed by atoms with Crippen molar-refractivity contribution in [3.05, 3.63) is 64.2 Å². The molecule has 2 aromatic carbocycles. The molecule has 21 heavy (non-hydrogen) atoms. The van der Waals surface area contributed by atoms with Crippen molar-refractivity contribution >= 4 is 11.6 Å². The fraction of sp³-hybridized carbons (Fsp3) is 0.333. The Morgan fingerprint density at radius 3 is 2.52 bits per heavy atom. The molecule has 0 fully saturated rings. The summed E-state index contributed by atoms with van der Waals surface area (Å²) in [7, 11) is 1.96. The molecule has 1 N–H and O–H groups in total. The lowest BCUT2D eigenvalue weighted by molar-refractivity contribution is 0.312. The fourth-order valence-corrected chi connectivity index (χ4v) is 2.66. The molecule has 2 nitrogen and oxygen atoms in total. The van der Waals surface area contributed by atoms with Gasteiger partial charge in [-0.2, -0.15) is 0 Å². The Morgan fingerprint density at radius 1 is 1.10 bits per heavy atom. The Bertz CT molecular complexity index is 598. The second kappa shape index (κ2) is 7.48. The molecule has 3 heteroatoms. The van der Waals surface area contributed by atoms with E-state index in [-0.39, 0.29) is 6.04 Å². The highest BCUT2D eigenvalue weighted by Gasteiger charge is 2.19. The molecule has 0 bridgehead atoms. The summed E-state index contributed by atoms with van der Waals surface area (Å²) in [6, 6.07) is 14.3. The van der Waals surface area contributed by atoms with Gasteiger partial charge in [0.15, 0.2) is 0 Å². The molecular weight excluding hydrogens is 282 g/mol. The lowest BCUT2D eigenvalue weighted by atomic mass is 9.94. The van der Waals surface area contributed by atoms with Gasteiger partial charge in [-0.25, -0.2) is 0 Å². The van der Waals surface area contributed by atoms with Crippen molar-refractivity contribution in [2.45, 2.75) is 26.3 Å². The third kappa shape index (κ3) is 3.58. The Labute approximate surface area is 132 Å². The molecule has 0 saturated carbocycles. The molecule has 0 amide bonds. The third-order valence-electron chi connectivity index (χ3n) is 3.60. The van der Waals surface area contributed by atoms with Gasteiger partial charge in [-0.3, -0.25) is 0 Å².